The van der Waals surface area contributed by atoms with Crippen LogP contribution in [0.1, 0.15) is 5.56 Å². The molecule has 2 aromatic rings. The number of nitrogens with two attached hydrogens (primary N) is 1. The van der Waals surface area contributed by atoms with Crippen molar-refractivity contribution in [1.29, 1.82) is 5.41 Å². The number of aromatic amines is 1. The van der Waals surface area contributed by atoms with E-state index in [4.69, 9.17) is 26.1 Å². The molecule has 0 spiro atoms. The number of alkyl halides is 1. The summed E-state index contributed by atoms with van der Waals surface area (Å²) in [7, 11) is 2.74. The Morgan fingerprint density at radius 3 is 2.52 bits per heavy atom. The lowest BCUT2D eigenvalue weighted by Crippen LogP contribution is -2.32. The van der Waals surface area contributed by atoms with Crippen LogP contribution in [0.4, 0.5) is 10.2 Å². The topological polar surface area (TPSA) is 150 Å². The van der Waals surface area contributed by atoms with Gasteiger partial charge in [0, 0.05) is 13.3 Å². The van der Waals surface area contributed by atoms with Gasteiger partial charge in [-0.2, -0.15) is 0 Å². The molecule has 0 aliphatic heterocycles. The first-order chi connectivity index (χ1) is 12.0. The summed E-state index contributed by atoms with van der Waals surface area (Å²) < 4.78 is 20.9. The molecule has 9 nitrogen and oxygen atoms in total. The SMILES string of the molecule is C=C.COC(=N)c1c[nH]c2ncnc(N)c12.COC(CO)C(O)CF. The van der Waals surface area contributed by atoms with E-state index in [-0.39, 0.29) is 12.5 Å². The summed E-state index contributed by atoms with van der Waals surface area (Å²) in [4.78, 5) is 10.7. The van der Waals surface area contributed by atoms with Crippen molar-refractivity contribution in [1.82, 2.24) is 15.0 Å². The number of nitrogen functional groups attached to an aromatic ring is 1. The summed E-state index contributed by atoms with van der Waals surface area (Å²) >= 11 is 0. The normalized spacial score (nSPS) is 12.2. The first kappa shape index (κ1) is 22.4. The van der Waals surface area contributed by atoms with Crippen molar-refractivity contribution in [2.75, 3.05) is 33.2 Å². The predicted molar refractivity (Wildman–Crippen MR) is 93.3 cm³/mol. The van der Waals surface area contributed by atoms with E-state index in [1.165, 1.54) is 20.5 Å². The van der Waals surface area contributed by atoms with Crippen LogP contribution in [0.3, 0.4) is 0 Å². The van der Waals surface area contributed by atoms with Crippen LogP contribution < -0.4 is 5.73 Å². The fourth-order valence-corrected chi connectivity index (χ4v) is 1.73. The number of nitrogens with one attached hydrogen (secondary N) is 2. The fourth-order valence-electron chi connectivity index (χ4n) is 1.73. The van der Waals surface area contributed by atoms with Crippen molar-refractivity contribution < 1.29 is 24.1 Å². The monoisotopic (exact) mass is 357 g/mol. The van der Waals surface area contributed by atoms with Gasteiger partial charge in [0.15, 0.2) is 0 Å². The molecule has 0 saturated heterocycles. The number of aliphatic hydroxyl groups is 2. The highest BCUT2D eigenvalue weighted by atomic mass is 19.1. The molecule has 0 aliphatic rings. The number of anilines is 1. The molecule has 2 atom stereocenters. The van der Waals surface area contributed by atoms with Crippen molar-refractivity contribution in [2.24, 2.45) is 0 Å². The van der Waals surface area contributed by atoms with Crippen LogP contribution >= 0.6 is 0 Å². The van der Waals surface area contributed by atoms with Crippen molar-refractivity contribution in [2.45, 2.75) is 12.2 Å². The van der Waals surface area contributed by atoms with Gasteiger partial charge in [-0.25, -0.2) is 14.4 Å². The molecule has 0 aliphatic carbocycles. The van der Waals surface area contributed by atoms with E-state index in [0.717, 1.165) is 0 Å². The second-order valence-corrected chi connectivity index (χ2v) is 4.40. The molecule has 2 aromatic heterocycles. The van der Waals surface area contributed by atoms with E-state index in [9.17, 15) is 4.39 Å². The number of aliphatic hydroxyl groups excluding tert-OH is 2. The van der Waals surface area contributed by atoms with Crippen molar-refractivity contribution in [3.05, 3.63) is 31.2 Å². The number of methoxy groups -OCH3 is 2. The first-order valence-electron chi connectivity index (χ1n) is 7.08. The van der Waals surface area contributed by atoms with E-state index < -0.39 is 18.9 Å². The molecule has 2 rings (SSSR count). The Hall–Kier alpha value is -2.56. The number of fused-ring (bicyclic) bond motifs is 1. The van der Waals surface area contributed by atoms with Gasteiger partial charge in [-0.15, -0.1) is 13.2 Å². The van der Waals surface area contributed by atoms with Gasteiger partial charge in [0.2, 0.25) is 5.90 Å². The highest BCUT2D eigenvalue weighted by Gasteiger charge is 2.16. The minimum absolute atomic E-state index is 0.0396. The summed E-state index contributed by atoms with van der Waals surface area (Å²) in [5, 5.41) is 25.2. The van der Waals surface area contributed by atoms with Crippen molar-refractivity contribution >= 4 is 22.7 Å². The number of hydrogen-bond acceptors (Lipinski definition) is 8. The summed E-state index contributed by atoms with van der Waals surface area (Å²) in [6.45, 7) is 4.75. The van der Waals surface area contributed by atoms with Crippen molar-refractivity contribution in [3.63, 3.8) is 0 Å². The average molecular weight is 357 g/mol. The van der Waals surface area contributed by atoms with Gasteiger partial charge in [-0.1, -0.05) is 0 Å². The first-order valence-corrected chi connectivity index (χ1v) is 7.08. The van der Waals surface area contributed by atoms with Crippen LogP contribution in [0.2, 0.25) is 0 Å². The maximum Gasteiger partial charge on any atom is 0.215 e. The smallest absolute Gasteiger partial charge is 0.215 e. The number of aromatic nitrogens is 3. The predicted octanol–water partition coefficient (Wildman–Crippen LogP) is 0.638. The van der Waals surface area contributed by atoms with Gasteiger partial charge < -0.3 is 30.4 Å². The molecule has 0 fully saturated rings. The highest BCUT2D eigenvalue weighted by molar-refractivity contribution is 6.07. The van der Waals surface area contributed by atoms with E-state index in [0.29, 0.717) is 22.4 Å². The molecule has 140 valence electrons. The molecule has 2 unspecified atom stereocenters. The molecule has 2 heterocycles. The molecule has 6 N–H and O–H groups in total. The summed E-state index contributed by atoms with van der Waals surface area (Å²) in [6, 6.07) is 0. The molecule has 25 heavy (non-hydrogen) atoms. The molecule has 0 saturated carbocycles. The van der Waals surface area contributed by atoms with Crippen LogP contribution in [-0.2, 0) is 9.47 Å². The summed E-state index contributed by atoms with van der Waals surface area (Å²) in [5.74, 6) is 0.380. The Bertz CT molecular complexity index is 648. The van der Waals surface area contributed by atoms with Crippen LogP contribution in [0.25, 0.3) is 11.0 Å². The second-order valence-electron chi connectivity index (χ2n) is 4.40. The van der Waals surface area contributed by atoms with Gasteiger partial charge in [0.25, 0.3) is 0 Å². The van der Waals surface area contributed by atoms with Crippen LogP contribution in [0.5, 0.6) is 0 Å². The average Bonchev–Trinajstić information content (AvgIpc) is 3.09. The Balaban J connectivity index is 0.000000458. The van der Waals surface area contributed by atoms with Crippen LogP contribution in [0, 0.1) is 5.41 Å². The zero-order valence-corrected chi connectivity index (χ0v) is 14.2. The lowest BCUT2D eigenvalue weighted by molar-refractivity contribution is -0.0490. The van der Waals surface area contributed by atoms with E-state index in [1.54, 1.807) is 6.20 Å². The van der Waals surface area contributed by atoms with Gasteiger partial charge in [0.05, 0.1) is 24.7 Å². The Morgan fingerprint density at radius 2 is 2.08 bits per heavy atom. The lowest BCUT2D eigenvalue weighted by Gasteiger charge is -2.15. The number of nitrogens with zero attached hydrogens (tertiary/aromatic N) is 2. The second kappa shape index (κ2) is 11.9. The summed E-state index contributed by atoms with van der Waals surface area (Å²) in [5.41, 5.74) is 6.85. The molecular weight excluding hydrogens is 333 g/mol. The third kappa shape index (κ3) is 6.10. The van der Waals surface area contributed by atoms with E-state index in [1.807, 2.05) is 0 Å². The molecular formula is C15H24FN5O4. The maximum atomic E-state index is 11.6. The van der Waals surface area contributed by atoms with Gasteiger partial charge in [-0.05, 0) is 0 Å². The number of H-pyrrole nitrogens is 1. The van der Waals surface area contributed by atoms with Gasteiger partial charge in [0.1, 0.15) is 36.7 Å². The van der Waals surface area contributed by atoms with E-state index in [2.05, 4.69) is 32.8 Å². The molecule has 0 bridgehead atoms. The van der Waals surface area contributed by atoms with Crippen molar-refractivity contribution in [3.8, 4) is 0 Å². The molecule has 0 amide bonds. The maximum absolute atomic E-state index is 11.6. The minimum atomic E-state index is -1.21. The largest absolute Gasteiger partial charge is 0.481 e. The fraction of sp³-hybridized carbons (Fsp3) is 0.400. The number of halogens is 1. The lowest BCUT2D eigenvalue weighted by atomic mass is 10.2. The minimum Gasteiger partial charge on any atom is -0.481 e. The zero-order valence-electron chi connectivity index (χ0n) is 14.2. The van der Waals surface area contributed by atoms with Gasteiger partial charge in [-0.3, -0.25) is 5.41 Å². The Labute approximate surface area is 144 Å². The molecule has 0 aromatic carbocycles. The number of ether oxygens (including phenoxy) is 2. The zero-order chi connectivity index (χ0) is 19.4. The third-order valence-corrected chi connectivity index (χ3v) is 3.02. The molecule has 0 radical (unpaired) electrons. The number of hydrogen-bond donors (Lipinski definition) is 5. The third-order valence-electron chi connectivity index (χ3n) is 3.02. The van der Waals surface area contributed by atoms with E-state index >= 15 is 0 Å². The van der Waals surface area contributed by atoms with Crippen LogP contribution in [-0.4, -0.2) is 70.8 Å². The standard InChI is InChI=1S/C8H9N5O.C5H11FO3.C2H4/c1-14-7(10)4-2-11-8-5(4)6(9)12-3-13-8;1-9-5(3-7)4(8)2-6;1-2/h2-3,10H,1H3,(H3,9,11,12,13);4-5,7-8H,2-3H2,1H3;1-2H2. The Kier molecular flexibility index (Phi) is 10.7. The Morgan fingerprint density at radius 1 is 1.44 bits per heavy atom. The van der Waals surface area contributed by atoms with Crippen LogP contribution in [0.15, 0.2) is 25.7 Å². The quantitative estimate of drug-likeness (QED) is 0.299. The summed E-state index contributed by atoms with van der Waals surface area (Å²) in [6.07, 6.45) is 0.991. The highest BCUT2D eigenvalue weighted by Crippen LogP contribution is 2.20. The number of rotatable bonds is 5. The molecule has 10 heteroatoms. The van der Waals surface area contributed by atoms with Gasteiger partial charge >= 0.3 is 0 Å².